The Kier molecular flexibility index (Phi) is 13.8. The number of fused-ring (bicyclic) bond motifs is 10. The zero-order chi connectivity index (χ0) is 53.1. The lowest BCUT2D eigenvalue weighted by Gasteiger charge is -2.53. The van der Waals surface area contributed by atoms with Gasteiger partial charge in [-0.25, -0.2) is 0 Å². The molecule has 8 rings (SSSR count). The summed E-state index contributed by atoms with van der Waals surface area (Å²) in [4.78, 5) is 79.8. The monoisotopic (exact) mass is 1010 g/mol. The van der Waals surface area contributed by atoms with Gasteiger partial charge in [-0.3, -0.25) is 28.8 Å². The lowest BCUT2D eigenvalue weighted by atomic mass is 9.59. The molecule has 4 saturated carbocycles. The van der Waals surface area contributed by atoms with Crippen LogP contribution in [0.25, 0.3) is 0 Å². The Morgan fingerprint density at radius 2 is 0.875 bits per heavy atom. The van der Waals surface area contributed by atoms with Gasteiger partial charge in [0.2, 0.25) is 0 Å². The van der Waals surface area contributed by atoms with Crippen LogP contribution in [0.15, 0.2) is 46.6 Å². The van der Waals surface area contributed by atoms with Gasteiger partial charge in [-0.05, 0) is 49.0 Å². The Balaban J connectivity index is 0.837. The molecule has 0 radical (unpaired) electrons. The topological polar surface area (TPSA) is 261 Å². The van der Waals surface area contributed by atoms with E-state index < -0.39 is 153 Å². The minimum absolute atomic E-state index is 0.0819. The number of hydrogen-bond acceptors (Lipinski definition) is 16. The molecular formula is C56H78O16. The summed E-state index contributed by atoms with van der Waals surface area (Å²) in [5, 5.41) is 70.5. The molecule has 0 aromatic carbocycles. The van der Waals surface area contributed by atoms with Gasteiger partial charge in [0.25, 0.3) is 0 Å². The quantitative estimate of drug-likeness (QED) is 0.0484. The number of esters is 4. The molecule has 0 unspecified atom stereocenters. The van der Waals surface area contributed by atoms with Crippen molar-refractivity contribution >= 4 is 35.4 Å². The van der Waals surface area contributed by atoms with Gasteiger partial charge < -0.3 is 49.6 Å². The fraction of sp³-hybridized carbons (Fsp3) is 0.750. The minimum Gasteiger partial charge on any atom is -0.458 e. The Bertz CT molecular complexity index is 2250. The lowest BCUT2D eigenvalue weighted by Crippen LogP contribution is -2.66. The number of aliphatic hydroxyl groups excluding tert-OH is 2. The van der Waals surface area contributed by atoms with E-state index in [0.29, 0.717) is 35.1 Å². The average Bonchev–Trinajstić information content (AvgIpc) is 3.93. The van der Waals surface area contributed by atoms with Crippen molar-refractivity contribution in [2.24, 2.45) is 58.2 Å². The number of Topliss-reactive ketones (excluding diaryl/α,β-unsaturated/α-hetero) is 2. The zero-order valence-electron chi connectivity index (χ0n) is 43.7. The Labute approximate surface area is 422 Å². The molecule has 8 aliphatic rings. The van der Waals surface area contributed by atoms with Crippen molar-refractivity contribution in [1.29, 1.82) is 0 Å². The highest BCUT2D eigenvalue weighted by Gasteiger charge is 2.89. The highest BCUT2D eigenvalue weighted by molar-refractivity contribution is 6.05. The average molecular weight is 1010 g/mol. The Morgan fingerprint density at radius 1 is 0.556 bits per heavy atom. The van der Waals surface area contributed by atoms with Crippen LogP contribution in [0.3, 0.4) is 0 Å². The summed E-state index contributed by atoms with van der Waals surface area (Å²) >= 11 is 0. The number of ketones is 2. The van der Waals surface area contributed by atoms with Crippen LogP contribution in [-0.2, 0) is 47.7 Å². The summed E-state index contributed by atoms with van der Waals surface area (Å²) in [5.74, 6) is -9.76. The van der Waals surface area contributed by atoms with Gasteiger partial charge in [-0.1, -0.05) is 104 Å². The highest BCUT2D eigenvalue weighted by Crippen LogP contribution is 2.78. The standard InChI is InChI=1S/C56H78O16/c1-29-21-39-51(65,45(29)63)25-35(27-57)23-37-43-49(7,8)55(43,71-33(5)59)47(31(3)53(37,39)67)69-41(61)19-17-15-13-11-12-14-16-18-20-42(62)70-48-32(4)54(68)38(44-50(9,10)56(44,48)72-34(6)60)24-36(28-58)26-52(66)40(54)22-30(2)46(52)64/h21-24,31-32,37-40,43-44,47-48,57-58,65-68H,11-20,25-28H2,1-10H3/t31-,32-,37+,38+,39-,40-,43-,44-,47-,48-,51-,52-,53-,54-,55-,56-/m1/s1. The van der Waals surface area contributed by atoms with Crippen molar-refractivity contribution in [3.05, 3.63) is 46.6 Å². The number of rotatable bonds is 17. The third-order valence-corrected chi connectivity index (χ3v) is 19.6. The Morgan fingerprint density at radius 3 is 1.18 bits per heavy atom. The third-order valence-electron chi connectivity index (χ3n) is 19.6. The molecule has 0 aliphatic heterocycles. The van der Waals surface area contributed by atoms with E-state index in [1.807, 2.05) is 27.7 Å². The van der Waals surface area contributed by atoms with E-state index in [-0.39, 0.29) is 25.7 Å². The van der Waals surface area contributed by atoms with Crippen molar-refractivity contribution in [3.63, 3.8) is 0 Å². The van der Waals surface area contributed by atoms with Gasteiger partial charge in [-0.15, -0.1) is 0 Å². The van der Waals surface area contributed by atoms with Gasteiger partial charge in [0.1, 0.15) is 23.4 Å². The van der Waals surface area contributed by atoms with Gasteiger partial charge in [0.15, 0.2) is 22.8 Å². The van der Waals surface area contributed by atoms with Gasteiger partial charge >= 0.3 is 23.9 Å². The summed E-state index contributed by atoms with van der Waals surface area (Å²) in [5.41, 5.74) is -10.4. The van der Waals surface area contributed by atoms with Crippen LogP contribution < -0.4 is 0 Å². The van der Waals surface area contributed by atoms with Crippen LogP contribution in [0.1, 0.15) is 146 Å². The van der Waals surface area contributed by atoms with E-state index in [4.69, 9.17) is 18.9 Å². The molecule has 72 heavy (non-hydrogen) atoms. The van der Waals surface area contributed by atoms with E-state index >= 15 is 0 Å². The first-order chi connectivity index (χ1) is 33.5. The fourth-order valence-corrected chi connectivity index (χ4v) is 16.1. The molecular weight excluding hydrogens is 929 g/mol. The third kappa shape index (κ3) is 7.63. The predicted octanol–water partition coefficient (Wildman–Crippen LogP) is 5.02. The van der Waals surface area contributed by atoms with Crippen LogP contribution >= 0.6 is 0 Å². The second-order valence-electron chi connectivity index (χ2n) is 24.2. The van der Waals surface area contributed by atoms with Crippen molar-refractivity contribution < 1.29 is 78.4 Å². The number of unbranched alkanes of at least 4 members (excludes halogenated alkanes) is 7. The van der Waals surface area contributed by atoms with Crippen LogP contribution in [0, 0.1) is 58.2 Å². The normalized spacial score (nSPS) is 42.5. The number of aliphatic hydroxyl groups is 6. The fourth-order valence-electron chi connectivity index (χ4n) is 16.1. The summed E-state index contributed by atoms with van der Waals surface area (Å²) in [7, 11) is 0. The summed E-state index contributed by atoms with van der Waals surface area (Å²) in [6, 6.07) is 0. The van der Waals surface area contributed by atoms with Gasteiger partial charge in [0, 0.05) is 97.7 Å². The smallest absolute Gasteiger partial charge is 0.306 e. The van der Waals surface area contributed by atoms with Crippen LogP contribution in [0.5, 0.6) is 0 Å². The SMILES string of the molecule is CC(=O)O[C@@]12[C@H](OC(=O)CCCCCCCCCCC(=O)O[C@@H]3[C@@H](C)[C@@]4(O)[C@@H](C=C(CO)C[C@]5(O)C(=O)C(C)=C[C@@H]45)[C@@H]4C(C)(C)[C@]34OC(C)=O)[C@@H](C)[C@@]3(O)[C@@H](C=C(CO)C[C@]4(O)C(=O)C(C)=C[C@@H]34)[C@@H]1C2(C)C. The first-order valence-electron chi connectivity index (χ1n) is 26.3. The maximum Gasteiger partial charge on any atom is 0.306 e. The number of carbonyl (C=O) groups is 6. The molecule has 398 valence electrons. The van der Waals surface area contributed by atoms with E-state index in [9.17, 15) is 59.4 Å². The van der Waals surface area contributed by atoms with Crippen LogP contribution in [0.4, 0.5) is 0 Å². The summed E-state index contributed by atoms with van der Waals surface area (Å²) in [6.07, 6.45) is 10.3. The van der Waals surface area contributed by atoms with Crippen molar-refractivity contribution in [2.45, 2.75) is 192 Å². The maximum absolute atomic E-state index is 13.7. The van der Waals surface area contributed by atoms with E-state index in [0.717, 1.165) is 38.5 Å². The van der Waals surface area contributed by atoms with Gasteiger partial charge in [-0.2, -0.15) is 0 Å². The van der Waals surface area contributed by atoms with E-state index in [1.54, 1.807) is 52.0 Å². The van der Waals surface area contributed by atoms with Crippen LogP contribution in [-0.4, -0.2) is 125 Å². The summed E-state index contributed by atoms with van der Waals surface area (Å²) < 4.78 is 24.8. The zero-order valence-corrected chi connectivity index (χ0v) is 43.7. The number of carbonyl (C=O) groups excluding carboxylic acids is 6. The largest absolute Gasteiger partial charge is 0.458 e. The Hall–Kier alpha value is -4.06. The molecule has 16 atom stereocenters. The molecule has 0 saturated heterocycles. The predicted molar refractivity (Wildman–Crippen MR) is 259 cm³/mol. The molecule has 0 spiro atoms. The number of ether oxygens (including phenoxy) is 4. The molecule has 16 heteroatoms. The van der Waals surface area contributed by atoms with Crippen LogP contribution in [0.2, 0.25) is 0 Å². The first kappa shape index (κ1) is 54.2. The molecule has 8 aliphatic carbocycles. The lowest BCUT2D eigenvalue weighted by molar-refractivity contribution is -0.228. The molecule has 4 fully saturated rings. The highest BCUT2D eigenvalue weighted by atomic mass is 16.6. The molecule has 0 heterocycles. The second kappa shape index (κ2) is 18.4. The maximum atomic E-state index is 13.7. The van der Waals surface area contributed by atoms with Gasteiger partial charge in [0.05, 0.1) is 24.4 Å². The first-order valence-corrected chi connectivity index (χ1v) is 26.3. The van der Waals surface area contributed by atoms with E-state index in [1.165, 1.54) is 13.8 Å². The second-order valence-corrected chi connectivity index (χ2v) is 24.2. The summed E-state index contributed by atoms with van der Waals surface area (Å²) in [6.45, 7) is 15.9. The molecule has 0 aromatic heterocycles. The van der Waals surface area contributed by atoms with Crippen molar-refractivity contribution in [3.8, 4) is 0 Å². The molecule has 0 aromatic rings. The van der Waals surface area contributed by atoms with Crippen molar-refractivity contribution in [1.82, 2.24) is 0 Å². The number of hydrogen-bond donors (Lipinski definition) is 6. The minimum atomic E-state index is -2.01. The molecule has 6 N–H and O–H groups in total. The molecule has 16 nitrogen and oxygen atoms in total. The molecule has 0 bridgehead atoms. The molecule has 0 amide bonds. The van der Waals surface area contributed by atoms with Crippen molar-refractivity contribution in [2.75, 3.05) is 13.2 Å². The van der Waals surface area contributed by atoms with E-state index in [2.05, 4.69) is 0 Å².